The molecule has 0 radical (unpaired) electrons. The van der Waals surface area contributed by atoms with Crippen LogP contribution in [0.25, 0.3) is 10.8 Å². The van der Waals surface area contributed by atoms with E-state index in [4.69, 9.17) is 4.98 Å². The molecule has 0 saturated carbocycles. The average molecular weight is 508 g/mol. The van der Waals surface area contributed by atoms with Crippen molar-refractivity contribution in [3.63, 3.8) is 0 Å². The molecule has 10 heteroatoms. The number of phenols is 1. The molecule has 3 heterocycles. The summed E-state index contributed by atoms with van der Waals surface area (Å²) in [5, 5.41) is 25.7. The Hall–Kier alpha value is -4.60. The van der Waals surface area contributed by atoms with Crippen LogP contribution in [0.5, 0.6) is 5.75 Å². The Balaban J connectivity index is 1.21. The molecule has 2 aliphatic rings. The number of azo groups is 1. The van der Waals surface area contributed by atoms with Gasteiger partial charge in [-0.1, -0.05) is 36.4 Å². The second-order valence-corrected chi connectivity index (χ2v) is 9.46. The molecule has 192 valence electrons. The van der Waals surface area contributed by atoms with E-state index in [0.717, 1.165) is 68.3 Å². The number of rotatable bonds is 7. The Morgan fingerprint density at radius 2 is 1.45 bits per heavy atom. The summed E-state index contributed by atoms with van der Waals surface area (Å²) in [5.41, 5.74) is 4.82. The van der Waals surface area contributed by atoms with Crippen molar-refractivity contribution in [1.29, 1.82) is 0 Å². The quantitative estimate of drug-likeness (QED) is 0.185. The third-order valence-corrected chi connectivity index (χ3v) is 6.81. The van der Waals surface area contributed by atoms with E-state index in [1.165, 1.54) is 6.21 Å². The van der Waals surface area contributed by atoms with Crippen LogP contribution in [0.2, 0.25) is 0 Å². The number of nitrogens with one attached hydrogen (secondary N) is 1. The third-order valence-electron chi connectivity index (χ3n) is 6.81. The number of anilines is 3. The summed E-state index contributed by atoms with van der Waals surface area (Å²) in [6.45, 7) is 3.78. The van der Waals surface area contributed by atoms with Crippen molar-refractivity contribution in [2.24, 2.45) is 15.3 Å². The van der Waals surface area contributed by atoms with Crippen LogP contribution in [0.15, 0.2) is 76.0 Å². The van der Waals surface area contributed by atoms with Gasteiger partial charge in [-0.05, 0) is 55.3 Å². The van der Waals surface area contributed by atoms with Gasteiger partial charge in [-0.25, -0.2) is 5.43 Å². The van der Waals surface area contributed by atoms with Crippen LogP contribution in [0.4, 0.5) is 29.2 Å². The topological polar surface area (TPSA) is 114 Å². The van der Waals surface area contributed by atoms with Gasteiger partial charge in [-0.2, -0.15) is 25.2 Å². The summed E-state index contributed by atoms with van der Waals surface area (Å²) < 4.78 is 0. The highest BCUT2D eigenvalue weighted by Gasteiger charge is 2.21. The van der Waals surface area contributed by atoms with Crippen molar-refractivity contribution in [2.45, 2.75) is 25.7 Å². The lowest BCUT2D eigenvalue weighted by Gasteiger charge is -2.20. The minimum Gasteiger partial charge on any atom is -0.507 e. The Morgan fingerprint density at radius 1 is 0.763 bits per heavy atom. The summed E-state index contributed by atoms with van der Waals surface area (Å²) in [5.74, 6) is 1.82. The van der Waals surface area contributed by atoms with Crippen LogP contribution in [0, 0.1) is 0 Å². The highest BCUT2D eigenvalue weighted by Crippen LogP contribution is 2.29. The van der Waals surface area contributed by atoms with Gasteiger partial charge in [0, 0.05) is 37.1 Å². The Labute approximate surface area is 220 Å². The van der Waals surface area contributed by atoms with Crippen LogP contribution >= 0.6 is 0 Å². The lowest BCUT2D eigenvalue weighted by atomic mass is 10.1. The number of aromatic hydroxyl groups is 1. The molecular formula is C28H29N9O. The van der Waals surface area contributed by atoms with Gasteiger partial charge in [-0.3, -0.25) is 0 Å². The van der Waals surface area contributed by atoms with Crippen LogP contribution < -0.4 is 15.2 Å². The van der Waals surface area contributed by atoms with E-state index in [1.54, 1.807) is 18.2 Å². The van der Waals surface area contributed by atoms with Gasteiger partial charge in [-0.15, -0.1) is 5.11 Å². The number of hydrazone groups is 1. The van der Waals surface area contributed by atoms with Crippen molar-refractivity contribution in [1.82, 2.24) is 15.0 Å². The largest absolute Gasteiger partial charge is 0.507 e. The number of fused-ring (bicyclic) bond motifs is 1. The van der Waals surface area contributed by atoms with E-state index >= 15 is 0 Å². The maximum atomic E-state index is 10.4. The number of aromatic nitrogens is 3. The van der Waals surface area contributed by atoms with E-state index in [-0.39, 0.29) is 5.75 Å². The Kier molecular flexibility index (Phi) is 6.75. The van der Waals surface area contributed by atoms with E-state index < -0.39 is 0 Å². The number of hydrogen-bond donors (Lipinski definition) is 2. The highest BCUT2D eigenvalue weighted by atomic mass is 16.3. The molecule has 2 fully saturated rings. The standard InChI is InChI=1S/C28H29N9O/c38-25-13-12-22(33-34-24-11-7-9-20-8-1-2-10-23(20)24)18-21(25)19-29-35-26-30-27(36-14-3-4-15-36)32-28(31-26)37-16-5-6-17-37/h1-2,7-13,18-19,38H,3-6,14-17H2,(H,30,31,32,35)/b29-19-,34-33?. The Morgan fingerprint density at radius 3 is 2.18 bits per heavy atom. The maximum Gasteiger partial charge on any atom is 0.250 e. The fourth-order valence-corrected chi connectivity index (χ4v) is 4.80. The molecule has 0 atom stereocenters. The van der Waals surface area contributed by atoms with Crippen LogP contribution in [0.1, 0.15) is 31.2 Å². The van der Waals surface area contributed by atoms with Crippen LogP contribution in [-0.4, -0.2) is 52.5 Å². The minimum atomic E-state index is 0.0887. The number of phenolic OH excluding ortho intramolecular Hbond substituents is 1. The second kappa shape index (κ2) is 10.8. The smallest absolute Gasteiger partial charge is 0.250 e. The number of hydrogen-bond acceptors (Lipinski definition) is 10. The van der Waals surface area contributed by atoms with Crippen LogP contribution in [-0.2, 0) is 0 Å². The Bertz CT molecular complexity index is 1450. The van der Waals surface area contributed by atoms with Crippen molar-refractivity contribution < 1.29 is 5.11 Å². The molecule has 4 aromatic rings. The van der Waals surface area contributed by atoms with Crippen molar-refractivity contribution >= 4 is 46.2 Å². The first kappa shape index (κ1) is 23.8. The first-order valence-electron chi connectivity index (χ1n) is 13.0. The summed E-state index contributed by atoms with van der Waals surface area (Å²) in [7, 11) is 0. The second-order valence-electron chi connectivity index (χ2n) is 9.46. The van der Waals surface area contributed by atoms with Gasteiger partial charge in [0.1, 0.15) is 5.75 Å². The molecule has 38 heavy (non-hydrogen) atoms. The SMILES string of the molecule is Oc1ccc(N=Nc2cccc3ccccc23)cc1/C=N\Nc1nc(N2CCCC2)nc(N2CCCC2)n1. The molecule has 1 aromatic heterocycles. The maximum absolute atomic E-state index is 10.4. The predicted octanol–water partition coefficient (Wildman–Crippen LogP) is 5.79. The lowest BCUT2D eigenvalue weighted by molar-refractivity contribution is 0.474. The van der Waals surface area contributed by atoms with E-state index in [2.05, 4.69) is 40.5 Å². The van der Waals surface area contributed by atoms with Crippen molar-refractivity contribution in [2.75, 3.05) is 41.4 Å². The fourth-order valence-electron chi connectivity index (χ4n) is 4.80. The van der Waals surface area contributed by atoms with Gasteiger partial charge in [0.05, 0.1) is 17.6 Å². The zero-order chi connectivity index (χ0) is 25.7. The normalized spacial score (nSPS) is 15.9. The highest BCUT2D eigenvalue weighted by molar-refractivity contribution is 5.92. The first-order valence-corrected chi connectivity index (χ1v) is 13.0. The fraction of sp³-hybridized carbons (Fsp3) is 0.286. The summed E-state index contributed by atoms with van der Waals surface area (Å²) in [6.07, 6.45) is 6.08. The van der Waals surface area contributed by atoms with Gasteiger partial charge in [0.15, 0.2) is 0 Å². The monoisotopic (exact) mass is 507 g/mol. The molecule has 3 aromatic carbocycles. The van der Waals surface area contributed by atoms with E-state index in [9.17, 15) is 5.11 Å². The van der Waals surface area contributed by atoms with Gasteiger partial charge in [0.25, 0.3) is 0 Å². The number of benzene rings is 3. The molecule has 0 unspecified atom stereocenters. The molecule has 0 aliphatic carbocycles. The molecule has 2 saturated heterocycles. The summed E-state index contributed by atoms with van der Waals surface area (Å²) >= 11 is 0. The molecule has 0 spiro atoms. The van der Waals surface area contributed by atoms with E-state index in [1.807, 2.05) is 42.5 Å². The average Bonchev–Trinajstić information content (AvgIpc) is 3.68. The van der Waals surface area contributed by atoms with Gasteiger partial charge >= 0.3 is 0 Å². The van der Waals surface area contributed by atoms with Crippen molar-refractivity contribution in [3.05, 3.63) is 66.2 Å². The summed E-state index contributed by atoms with van der Waals surface area (Å²) in [4.78, 5) is 18.3. The van der Waals surface area contributed by atoms with Gasteiger partial charge in [0.2, 0.25) is 17.8 Å². The molecule has 6 rings (SSSR count). The molecule has 2 aliphatic heterocycles. The molecule has 0 bridgehead atoms. The zero-order valence-corrected chi connectivity index (χ0v) is 21.0. The molecule has 2 N–H and O–H groups in total. The van der Waals surface area contributed by atoms with Gasteiger partial charge < -0.3 is 14.9 Å². The third kappa shape index (κ3) is 5.24. The van der Waals surface area contributed by atoms with E-state index in [0.29, 0.717) is 29.1 Å². The zero-order valence-electron chi connectivity index (χ0n) is 21.0. The minimum absolute atomic E-state index is 0.0887. The lowest BCUT2D eigenvalue weighted by Crippen LogP contribution is -2.25. The predicted molar refractivity (Wildman–Crippen MR) is 150 cm³/mol. The number of nitrogens with zero attached hydrogens (tertiary/aromatic N) is 8. The summed E-state index contributed by atoms with van der Waals surface area (Å²) in [6, 6.07) is 19.0. The molecule has 10 nitrogen and oxygen atoms in total. The molecule has 0 amide bonds. The first-order chi connectivity index (χ1) is 18.7. The molecular weight excluding hydrogens is 478 g/mol. The van der Waals surface area contributed by atoms with Crippen LogP contribution in [0.3, 0.4) is 0 Å². The van der Waals surface area contributed by atoms with Crippen molar-refractivity contribution in [3.8, 4) is 5.75 Å².